The number of hydrogen-bond acceptors (Lipinski definition) is 3. The quantitative estimate of drug-likeness (QED) is 0.753. The minimum atomic E-state index is -0.644. The van der Waals surface area contributed by atoms with Crippen molar-refractivity contribution in [2.24, 2.45) is 5.92 Å². The van der Waals surface area contributed by atoms with Gasteiger partial charge in [0.1, 0.15) is 11.8 Å². The Kier molecular flexibility index (Phi) is 7.25. The molecule has 27 heavy (non-hydrogen) atoms. The molecule has 2 atom stereocenters. The first kappa shape index (κ1) is 20.8. The van der Waals surface area contributed by atoms with Crippen molar-refractivity contribution in [1.82, 2.24) is 10.6 Å². The van der Waals surface area contributed by atoms with E-state index in [4.69, 9.17) is 16.3 Å². The zero-order valence-electron chi connectivity index (χ0n) is 16.0. The highest BCUT2D eigenvalue weighted by Gasteiger charge is 2.26. The van der Waals surface area contributed by atoms with Crippen molar-refractivity contribution >= 4 is 23.4 Å². The van der Waals surface area contributed by atoms with Crippen molar-refractivity contribution < 1.29 is 14.3 Å². The summed E-state index contributed by atoms with van der Waals surface area (Å²) < 4.78 is 5.10. The van der Waals surface area contributed by atoms with E-state index >= 15 is 0 Å². The van der Waals surface area contributed by atoms with Crippen LogP contribution < -0.4 is 15.4 Å². The summed E-state index contributed by atoms with van der Waals surface area (Å²) >= 11 is 5.91. The molecule has 0 spiro atoms. The number of ether oxygens (including phenoxy) is 1. The minimum Gasteiger partial charge on any atom is -0.497 e. The number of benzene rings is 2. The first-order chi connectivity index (χ1) is 12.8. The average Bonchev–Trinajstić information content (AvgIpc) is 2.66. The van der Waals surface area contributed by atoms with E-state index in [0.29, 0.717) is 16.3 Å². The van der Waals surface area contributed by atoms with E-state index in [9.17, 15) is 9.59 Å². The highest BCUT2D eigenvalue weighted by molar-refractivity contribution is 6.30. The topological polar surface area (TPSA) is 67.4 Å². The van der Waals surface area contributed by atoms with E-state index in [0.717, 1.165) is 5.56 Å². The lowest BCUT2D eigenvalue weighted by atomic mass is 10.0. The number of amides is 2. The van der Waals surface area contributed by atoms with E-state index in [1.165, 1.54) is 0 Å². The summed E-state index contributed by atoms with van der Waals surface area (Å²) in [5, 5.41) is 6.42. The molecule has 0 aliphatic rings. The van der Waals surface area contributed by atoms with Gasteiger partial charge >= 0.3 is 0 Å². The van der Waals surface area contributed by atoms with Crippen LogP contribution in [0, 0.1) is 5.92 Å². The van der Waals surface area contributed by atoms with Gasteiger partial charge in [0.15, 0.2) is 0 Å². The predicted octanol–water partition coefficient (Wildman–Crippen LogP) is 3.98. The van der Waals surface area contributed by atoms with Crippen molar-refractivity contribution in [3.8, 4) is 5.75 Å². The van der Waals surface area contributed by atoms with Crippen LogP contribution in [0.25, 0.3) is 0 Å². The van der Waals surface area contributed by atoms with Crippen molar-refractivity contribution in [2.75, 3.05) is 7.11 Å². The Morgan fingerprint density at radius 1 is 0.926 bits per heavy atom. The fourth-order valence-corrected chi connectivity index (χ4v) is 2.77. The van der Waals surface area contributed by atoms with Gasteiger partial charge in [-0.3, -0.25) is 9.59 Å². The molecule has 6 heteroatoms. The van der Waals surface area contributed by atoms with Crippen molar-refractivity contribution in [3.05, 3.63) is 64.7 Å². The number of rotatable bonds is 7. The van der Waals surface area contributed by atoms with Crippen LogP contribution in [0.1, 0.15) is 42.7 Å². The molecule has 2 unspecified atom stereocenters. The third kappa shape index (κ3) is 5.73. The molecule has 0 bridgehead atoms. The SMILES string of the molecule is COc1ccc(C(=O)NC(C(=O)NC(C)c2ccc(Cl)cc2)C(C)C)cc1. The Balaban J connectivity index is 2.05. The van der Waals surface area contributed by atoms with Crippen molar-refractivity contribution in [3.63, 3.8) is 0 Å². The Morgan fingerprint density at radius 3 is 2.04 bits per heavy atom. The second-order valence-electron chi connectivity index (χ2n) is 6.71. The molecule has 0 saturated heterocycles. The maximum absolute atomic E-state index is 12.7. The van der Waals surface area contributed by atoms with E-state index in [1.807, 2.05) is 32.9 Å². The Morgan fingerprint density at radius 2 is 1.52 bits per heavy atom. The predicted molar refractivity (Wildman–Crippen MR) is 107 cm³/mol. The average molecular weight is 389 g/mol. The number of methoxy groups -OCH3 is 1. The summed E-state index contributed by atoms with van der Waals surface area (Å²) in [6, 6.07) is 13.2. The number of nitrogens with one attached hydrogen (secondary N) is 2. The van der Waals surface area contributed by atoms with Crippen LogP contribution in [0.5, 0.6) is 5.75 Å². The standard InChI is InChI=1S/C21H25ClN2O3/c1-13(2)19(24-20(25)16-7-11-18(27-4)12-8-16)21(26)23-14(3)15-5-9-17(22)10-6-15/h5-14,19H,1-4H3,(H,23,26)(H,24,25). The second-order valence-corrected chi connectivity index (χ2v) is 7.14. The van der Waals surface area contributed by atoms with Crippen molar-refractivity contribution in [1.29, 1.82) is 0 Å². The van der Waals surface area contributed by atoms with Gasteiger partial charge in [0.05, 0.1) is 13.2 Å². The molecule has 0 heterocycles. The third-order valence-electron chi connectivity index (χ3n) is 4.32. The number of carbonyl (C=O) groups excluding carboxylic acids is 2. The van der Waals surface area contributed by atoms with Gasteiger partial charge in [-0.05, 0) is 54.8 Å². The zero-order chi connectivity index (χ0) is 20.0. The molecule has 2 rings (SSSR count). The van der Waals surface area contributed by atoms with Gasteiger partial charge in [-0.2, -0.15) is 0 Å². The molecule has 0 fully saturated rings. The van der Waals surface area contributed by atoms with E-state index in [1.54, 1.807) is 43.5 Å². The Labute approximate surface area is 165 Å². The van der Waals surface area contributed by atoms with Gasteiger partial charge in [0.25, 0.3) is 5.91 Å². The minimum absolute atomic E-state index is 0.0652. The van der Waals surface area contributed by atoms with Crippen molar-refractivity contribution in [2.45, 2.75) is 32.9 Å². The molecule has 0 aliphatic carbocycles. The number of carbonyl (C=O) groups is 2. The molecule has 0 aliphatic heterocycles. The van der Waals surface area contributed by atoms with Crippen LogP contribution in [0.15, 0.2) is 48.5 Å². The summed E-state index contributed by atoms with van der Waals surface area (Å²) in [6.07, 6.45) is 0. The highest BCUT2D eigenvalue weighted by Crippen LogP contribution is 2.17. The molecule has 2 aromatic rings. The number of halogens is 1. The summed E-state index contributed by atoms with van der Waals surface area (Å²) in [6.45, 7) is 5.68. The fourth-order valence-electron chi connectivity index (χ4n) is 2.64. The third-order valence-corrected chi connectivity index (χ3v) is 4.57. The summed E-state index contributed by atoms with van der Waals surface area (Å²) in [4.78, 5) is 25.2. The van der Waals surface area contributed by atoms with Gasteiger partial charge < -0.3 is 15.4 Å². The van der Waals surface area contributed by atoms with Gasteiger partial charge in [0, 0.05) is 10.6 Å². The van der Waals surface area contributed by atoms with Crippen LogP contribution in [0.2, 0.25) is 5.02 Å². The Hall–Kier alpha value is -2.53. The maximum atomic E-state index is 12.7. The smallest absolute Gasteiger partial charge is 0.251 e. The summed E-state index contributed by atoms with van der Waals surface area (Å²) in [5.74, 6) is 0.0751. The van der Waals surface area contributed by atoms with Crippen LogP contribution in [0.4, 0.5) is 0 Å². The lowest BCUT2D eigenvalue weighted by Gasteiger charge is -2.24. The first-order valence-electron chi connectivity index (χ1n) is 8.82. The molecule has 0 aromatic heterocycles. The van der Waals surface area contributed by atoms with Crippen LogP contribution >= 0.6 is 11.6 Å². The fraction of sp³-hybridized carbons (Fsp3) is 0.333. The molecule has 2 N–H and O–H groups in total. The monoisotopic (exact) mass is 388 g/mol. The second kappa shape index (κ2) is 9.42. The van der Waals surface area contributed by atoms with Gasteiger partial charge in [-0.15, -0.1) is 0 Å². The highest BCUT2D eigenvalue weighted by atomic mass is 35.5. The first-order valence-corrected chi connectivity index (χ1v) is 9.20. The molecule has 0 saturated carbocycles. The molecular weight excluding hydrogens is 364 g/mol. The summed E-state index contributed by atoms with van der Waals surface area (Å²) in [5.41, 5.74) is 1.41. The number of hydrogen-bond donors (Lipinski definition) is 2. The molecular formula is C21H25ClN2O3. The molecule has 2 amide bonds. The lowest BCUT2D eigenvalue weighted by Crippen LogP contribution is -2.50. The molecule has 2 aromatic carbocycles. The van der Waals surface area contributed by atoms with E-state index < -0.39 is 6.04 Å². The van der Waals surface area contributed by atoms with E-state index in [2.05, 4.69) is 10.6 Å². The molecule has 144 valence electrons. The van der Waals surface area contributed by atoms with Gasteiger partial charge in [0.2, 0.25) is 5.91 Å². The molecule has 5 nitrogen and oxygen atoms in total. The lowest BCUT2D eigenvalue weighted by molar-refractivity contribution is -0.124. The normalized spacial score (nSPS) is 13.0. The van der Waals surface area contributed by atoms with Crippen LogP contribution in [0.3, 0.4) is 0 Å². The molecule has 0 radical (unpaired) electrons. The van der Waals surface area contributed by atoms with Gasteiger partial charge in [-0.1, -0.05) is 37.6 Å². The largest absolute Gasteiger partial charge is 0.497 e. The van der Waals surface area contributed by atoms with Gasteiger partial charge in [-0.25, -0.2) is 0 Å². The Bertz CT molecular complexity index is 773. The van der Waals surface area contributed by atoms with Crippen LogP contribution in [-0.2, 0) is 4.79 Å². The summed E-state index contributed by atoms with van der Waals surface area (Å²) in [7, 11) is 1.57. The van der Waals surface area contributed by atoms with E-state index in [-0.39, 0.29) is 23.8 Å². The zero-order valence-corrected chi connectivity index (χ0v) is 16.7. The van der Waals surface area contributed by atoms with Crippen LogP contribution in [-0.4, -0.2) is 25.0 Å². The maximum Gasteiger partial charge on any atom is 0.251 e.